The number of morpholine rings is 1. The molecule has 0 aromatic carbocycles. The summed E-state index contributed by atoms with van der Waals surface area (Å²) in [5.74, 6) is -3.81. The van der Waals surface area contributed by atoms with Crippen molar-refractivity contribution in [3.05, 3.63) is 0 Å². The predicted molar refractivity (Wildman–Crippen MR) is 62.9 cm³/mol. The summed E-state index contributed by atoms with van der Waals surface area (Å²) in [6.45, 7) is 4.24. The second-order valence-corrected chi connectivity index (χ2v) is 6.55. The Labute approximate surface area is 106 Å². The minimum absolute atomic E-state index is 0.153. The van der Waals surface area contributed by atoms with Gasteiger partial charge in [0.25, 0.3) is 0 Å². The molecule has 0 aromatic rings. The molecule has 0 aliphatic carbocycles. The van der Waals surface area contributed by atoms with E-state index >= 15 is 0 Å². The highest BCUT2D eigenvalue weighted by molar-refractivity contribution is 7.92. The summed E-state index contributed by atoms with van der Waals surface area (Å²) in [5, 5.41) is 8.43. The molecule has 18 heavy (non-hydrogen) atoms. The molecular formula is C10H17NO6S. The van der Waals surface area contributed by atoms with E-state index in [-0.39, 0.29) is 12.2 Å². The van der Waals surface area contributed by atoms with Gasteiger partial charge in [0, 0.05) is 13.1 Å². The number of sulfone groups is 1. The van der Waals surface area contributed by atoms with Crippen molar-refractivity contribution in [2.45, 2.75) is 26.1 Å². The van der Waals surface area contributed by atoms with Crippen molar-refractivity contribution in [1.29, 1.82) is 0 Å². The van der Waals surface area contributed by atoms with Gasteiger partial charge in [0.05, 0.1) is 12.2 Å². The zero-order valence-electron chi connectivity index (χ0n) is 10.3. The molecule has 2 atom stereocenters. The van der Waals surface area contributed by atoms with Gasteiger partial charge in [-0.15, -0.1) is 0 Å². The molecule has 1 amide bonds. The molecule has 1 saturated heterocycles. The number of rotatable bonds is 4. The van der Waals surface area contributed by atoms with Crippen LogP contribution >= 0.6 is 0 Å². The van der Waals surface area contributed by atoms with Crippen LogP contribution in [0.2, 0.25) is 0 Å². The average molecular weight is 279 g/mol. The maximum absolute atomic E-state index is 11.8. The topological polar surface area (TPSA) is 101 Å². The quantitative estimate of drug-likeness (QED) is 0.717. The van der Waals surface area contributed by atoms with E-state index in [1.54, 1.807) is 13.8 Å². The van der Waals surface area contributed by atoms with E-state index < -0.39 is 33.2 Å². The molecule has 0 aromatic heterocycles. The van der Waals surface area contributed by atoms with Crippen molar-refractivity contribution in [1.82, 2.24) is 4.90 Å². The monoisotopic (exact) mass is 279 g/mol. The minimum Gasteiger partial charge on any atom is -0.480 e. The van der Waals surface area contributed by atoms with Crippen LogP contribution in [0, 0.1) is 0 Å². The first-order valence-electron chi connectivity index (χ1n) is 5.55. The molecule has 1 N–H and O–H groups in total. The van der Waals surface area contributed by atoms with E-state index in [2.05, 4.69) is 0 Å². The van der Waals surface area contributed by atoms with Crippen molar-refractivity contribution in [2.75, 3.05) is 24.6 Å². The fourth-order valence-corrected chi connectivity index (χ4v) is 2.94. The lowest BCUT2D eigenvalue weighted by Crippen LogP contribution is -2.50. The Morgan fingerprint density at radius 3 is 2.17 bits per heavy atom. The second kappa shape index (κ2) is 5.66. The van der Waals surface area contributed by atoms with Gasteiger partial charge in [-0.3, -0.25) is 9.59 Å². The summed E-state index contributed by atoms with van der Waals surface area (Å²) in [7, 11) is -3.90. The van der Waals surface area contributed by atoms with E-state index in [1.165, 1.54) is 4.90 Å². The van der Waals surface area contributed by atoms with Gasteiger partial charge in [-0.05, 0) is 13.8 Å². The molecule has 1 fully saturated rings. The van der Waals surface area contributed by atoms with Gasteiger partial charge in [-0.1, -0.05) is 0 Å². The summed E-state index contributed by atoms with van der Waals surface area (Å²) in [6, 6.07) is 0. The molecule has 0 unspecified atom stereocenters. The number of carbonyl (C=O) groups excluding carboxylic acids is 1. The number of carboxylic acid groups (broad SMARTS) is 1. The molecule has 104 valence electrons. The first-order valence-corrected chi connectivity index (χ1v) is 7.37. The number of nitrogens with zero attached hydrogens (tertiary/aromatic N) is 1. The summed E-state index contributed by atoms with van der Waals surface area (Å²) < 4.78 is 28.2. The number of amides is 1. The Hall–Kier alpha value is -1.15. The van der Waals surface area contributed by atoms with Crippen LogP contribution in [0.4, 0.5) is 0 Å². The highest BCUT2D eigenvalue weighted by Crippen LogP contribution is 2.11. The van der Waals surface area contributed by atoms with Crippen LogP contribution in [0.5, 0.6) is 0 Å². The van der Waals surface area contributed by atoms with Gasteiger partial charge in [0.1, 0.15) is 11.5 Å². The van der Waals surface area contributed by atoms with Gasteiger partial charge < -0.3 is 14.7 Å². The normalized spacial score (nSPS) is 24.9. The van der Waals surface area contributed by atoms with Crippen LogP contribution in [0.25, 0.3) is 0 Å². The number of hydrogen-bond acceptors (Lipinski definition) is 5. The van der Waals surface area contributed by atoms with Gasteiger partial charge in [-0.2, -0.15) is 0 Å². The SMILES string of the molecule is C[C@@H]1CN(C(=O)CS(=O)(=O)CC(=O)O)C[C@@H](C)O1. The molecule has 1 aliphatic rings. The zero-order valence-corrected chi connectivity index (χ0v) is 11.1. The Bertz CT molecular complexity index is 422. The van der Waals surface area contributed by atoms with Gasteiger partial charge in [-0.25, -0.2) is 8.42 Å². The maximum atomic E-state index is 11.8. The lowest BCUT2D eigenvalue weighted by Gasteiger charge is -2.35. The third-order valence-corrected chi connectivity index (χ3v) is 3.83. The molecule has 0 bridgehead atoms. The van der Waals surface area contributed by atoms with Gasteiger partial charge >= 0.3 is 5.97 Å². The smallest absolute Gasteiger partial charge is 0.318 e. The van der Waals surface area contributed by atoms with Crippen molar-refractivity contribution >= 4 is 21.7 Å². The minimum atomic E-state index is -3.90. The third kappa shape index (κ3) is 4.61. The molecular weight excluding hydrogens is 262 g/mol. The van der Waals surface area contributed by atoms with Crippen molar-refractivity contribution in [3.8, 4) is 0 Å². The van der Waals surface area contributed by atoms with E-state index in [4.69, 9.17) is 9.84 Å². The van der Waals surface area contributed by atoms with Crippen LogP contribution in [0.15, 0.2) is 0 Å². The zero-order chi connectivity index (χ0) is 13.9. The third-order valence-electron chi connectivity index (χ3n) is 2.46. The molecule has 0 saturated carbocycles. The predicted octanol–water partition coefficient (Wildman–Crippen LogP) is -0.878. The number of ether oxygens (including phenoxy) is 1. The van der Waals surface area contributed by atoms with E-state index in [0.29, 0.717) is 13.1 Å². The first kappa shape index (κ1) is 14.9. The van der Waals surface area contributed by atoms with E-state index in [0.717, 1.165) is 0 Å². The largest absolute Gasteiger partial charge is 0.480 e. The number of carbonyl (C=O) groups is 2. The lowest BCUT2D eigenvalue weighted by molar-refractivity contribution is -0.140. The molecule has 1 rings (SSSR count). The standard InChI is InChI=1S/C10H17NO6S/c1-7-3-11(4-8(2)17-7)9(12)5-18(15,16)6-10(13)14/h7-8H,3-6H2,1-2H3,(H,13,14)/t7-,8-/m1/s1. The Balaban J connectivity index is 2.62. The van der Waals surface area contributed by atoms with Crippen LogP contribution in [-0.4, -0.2) is 67.1 Å². The Morgan fingerprint density at radius 2 is 1.72 bits per heavy atom. The molecule has 8 heteroatoms. The number of aliphatic carboxylic acids is 1. The summed E-state index contributed by atoms with van der Waals surface area (Å²) in [4.78, 5) is 23.5. The van der Waals surface area contributed by atoms with Crippen molar-refractivity contribution in [3.63, 3.8) is 0 Å². The van der Waals surface area contributed by atoms with Crippen molar-refractivity contribution in [2.24, 2.45) is 0 Å². The van der Waals surface area contributed by atoms with Gasteiger partial charge in [0.15, 0.2) is 9.84 Å². The van der Waals surface area contributed by atoms with Crippen LogP contribution in [0.1, 0.15) is 13.8 Å². The number of carboxylic acids is 1. The number of hydrogen-bond donors (Lipinski definition) is 1. The average Bonchev–Trinajstić information content (AvgIpc) is 2.12. The first-order chi connectivity index (χ1) is 8.19. The Kier molecular flexibility index (Phi) is 4.69. The van der Waals surface area contributed by atoms with Gasteiger partial charge in [0.2, 0.25) is 5.91 Å². The lowest BCUT2D eigenvalue weighted by atomic mass is 10.2. The fourth-order valence-electron chi connectivity index (χ4n) is 1.90. The highest BCUT2D eigenvalue weighted by atomic mass is 32.2. The fraction of sp³-hybridized carbons (Fsp3) is 0.800. The highest BCUT2D eigenvalue weighted by Gasteiger charge is 2.29. The molecule has 1 aliphatic heterocycles. The summed E-state index contributed by atoms with van der Waals surface area (Å²) in [6.07, 6.45) is -0.306. The molecule has 0 radical (unpaired) electrons. The van der Waals surface area contributed by atoms with Crippen LogP contribution < -0.4 is 0 Å². The van der Waals surface area contributed by atoms with Crippen LogP contribution in [0.3, 0.4) is 0 Å². The summed E-state index contributed by atoms with van der Waals surface area (Å²) >= 11 is 0. The Morgan fingerprint density at radius 1 is 1.22 bits per heavy atom. The van der Waals surface area contributed by atoms with Crippen LogP contribution in [-0.2, 0) is 24.2 Å². The maximum Gasteiger partial charge on any atom is 0.318 e. The molecule has 7 nitrogen and oxygen atoms in total. The molecule has 1 heterocycles. The van der Waals surface area contributed by atoms with Crippen molar-refractivity contribution < 1.29 is 27.9 Å². The molecule has 0 spiro atoms. The summed E-state index contributed by atoms with van der Waals surface area (Å²) in [5.41, 5.74) is 0. The van der Waals surface area contributed by atoms with E-state index in [1.807, 2.05) is 0 Å². The van der Waals surface area contributed by atoms with E-state index in [9.17, 15) is 18.0 Å². The second-order valence-electron chi connectivity index (χ2n) is 4.48.